The zero-order valence-corrected chi connectivity index (χ0v) is 14.5. The molecule has 0 amide bonds. The maximum absolute atomic E-state index is 13.3. The van der Waals surface area contributed by atoms with E-state index in [4.69, 9.17) is 0 Å². The minimum Gasteiger partial charge on any atom is -0.406 e. The molecule has 1 aromatic heterocycles. The van der Waals surface area contributed by atoms with Crippen molar-refractivity contribution in [1.29, 1.82) is 0 Å². The fraction of sp³-hybridized carbons (Fsp3) is 0.158. The molecule has 29 heavy (non-hydrogen) atoms. The summed E-state index contributed by atoms with van der Waals surface area (Å²) in [5.41, 5.74) is -1.39. The van der Waals surface area contributed by atoms with Crippen LogP contribution in [-0.2, 0) is 0 Å². The van der Waals surface area contributed by atoms with E-state index in [1.54, 1.807) is 0 Å². The summed E-state index contributed by atoms with van der Waals surface area (Å²) in [6.07, 6.45) is -10.3. The predicted octanol–water partition coefficient (Wildman–Crippen LogP) is 5.99. The molecule has 0 saturated heterocycles. The first-order chi connectivity index (χ1) is 13.4. The number of halogens is 7. The van der Waals surface area contributed by atoms with Crippen LogP contribution in [0.4, 0.5) is 30.7 Å². The Morgan fingerprint density at radius 3 is 2.14 bits per heavy atom. The molecular weight excluding hydrogens is 407 g/mol. The van der Waals surface area contributed by atoms with Crippen LogP contribution in [0, 0.1) is 12.7 Å². The Kier molecular flexibility index (Phi) is 4.97. The normalized spacial score (nSPS) is 12.3. The van der Waals surface area contributed by atoms with Crippen LogP contribution in [0.2, 0.25) is 0 Å². The van der Waals surface area contributed by atoms with E-state index in [2.05, 4.69) is 9.72 Å². The number of ether oxygens (including phenoxy) is 1. The van der Waals surface area contributed by atoms with Crippen molar-refractivity contribution in [1.82, 2.24) is 4.98 Å². The number of alkyl halides is 6. The number of Topliss-reactive ketones (excluding diaryl/α,β-unsaturated/α-hetero) is 1. The molecule has 0 radical (unpaired) electrons. The third-order valence-electron chi connectivity index (χ3n) is 3.99. The van der Waals surface area contributed by atoms with Gasteiger partial charge in [0.2, 0.25) is 0 Å². The lowest BCUT2D eigenvalue weighted by atomic mass is 9.92. The Balaban J connectivity index is 2.39. The van der Waals surface area contributed by atoms with Gasteiger partial charge in [-0.15, -0.1) is 13.2 Å². The number of aryl methyl sites for hydroxylation is 1. The Labute approximate surface area is 158 Å². The van der Waals surface area contributed by atoms with Crippen molar-refractivity contribution < 1.29 is 40.3 Å². The highest BCUT2D eigenvalue weighted by Gasteiger charge is 2.42. The number of carbonyl (C=O) groups excluding carboxylic acids is 1. The van der Waals surface area contributed by atoms with E-state index in [-0.39, 0.29) is 27.7 Å². The van der Waals surface area contributed by atoms with Crippen LogP contribution in [0.25, 0.3) is 22.0 Å². The first kappa shape index (κ1) is 20.6. The van der Waals surface area contributed by atoms with Gasteiger partial charge in [0.1, 0.15) is 11.6 Å². The molecule has 0 aliphatic rings. The molecule has 3 aromatic rings. The predicted molar refractivity (Wildman–Crippen MR) is 88.9 cm³/mol. The third-order valence-corrected chi connectivity index (χ3v) is 3.99. The number of hydrogen-bond donors (Lipinski definition) is 0. The van der Waals surface area contributed by atoms with E-state index in [1.807, 2.05) is 0 Å². The van der Waals surface area contributed by atoms with Gasteiger partial charge in [-0.2, -0.15) is 13.2 Å². The lowest BCUT2D eigenvalue weighted by molar-refractivity contribution is -0.274. The van der Waals surface area contributed by atoms with Crippen LogP contribution >= 0.6 is 0 Å². The highest BCUT2D eigenvalue weighted by molar-refractivity contribution is 6.12. The smallest absolute Gasteiger partial charge is 0.406 e. The maximum Gasteiger partial charge on any atom is 0.573 e. The Morgan fingerprint density at radius 2 is 1.59 bits per heavy atom. The zero-order valence-electron chi connectivity index (χ0n) is 14.5. The molecule has 3 rings (SSSR count). The summed E-state index contributed by atoms with van der Waals surface area (Å²) in [5.74, 6) is -3.61. The van der Waals surface area contributed by atoms with Crippen molar-refractivity contribution in [2.75, 3.05) is 0 Å². The lowest BCUT2D eigenvalue weighted by Crippen LogP contribution is -2.25. The molecule has 0 aliphatic carbocycles. The van der Waals surface area contributed by atoms with E-state index in [9.17, 15) is 35.5 Å². The monoisotopic (exact) mass is 417 g/mol. The second-order valence-electron chi connectivity index (χ2n) is 6.01. The summed E-state index contributed by atoms with van der Waals surface area (Å²) in [7, 11) is 0. The highest BCUT2D eigenvalue weighted by Crippen LogP contribution is 2.38. The summed E-state index contributed by atoms with van der Waals surface area (Å²) < 4.78 is 94.3. The second kappa shape index (κ2) is 7.02. The second-order valence-corrected chi connectivity index (χ2v) is 6.01. The number of carbonyl (C=O) groups is 1. The zero-order chi connectivity index (χ0) is 21.6. The van der Waals surface area contributed by atoms with Crippen LogP contribution in [0.15, 0.2) is 42.5 Å². The van der Waals surface area contributed by atoms with Gasteiger partial charge in [0.15, 0.2) is 0 Å². The molecule has 0 atom stereocenters. The molecule has 10 heteroatoms. The van der Waals surface area contributed by atoms with Crippen molar-refractivity contribution in [3.8, 4) is 16.9 Å². The van der Waals surface area contributed by atoms with Crippen molar-refractivity contribution in [2.24, 2.45) is 0 Å². The van der Waals surface area contributed by atoms with Gasteiger partial charge in [0, 0.05) is 16.6 Å². The Morgan fingerprint density at radius 1 is 0.966 bits per heavy atom. The van der Waals surface area contributed by atoms with Gasteiger partial charge in [-0.1, -0.05) is 12.1 Å². The van der Waals surface area contributed by atoms with Crippen LogP contribution < -0.4 is 4.74 Å². The van der Waals surface area contributed by atoms with Crippen LogP contribution in [0.1, 0.15) is 16.1 Å². The molecule has 0 fully saturated rings. The van der Waals surface area contributed by atoms with Gasteiger partial charge in [0.25, 0.3) is 5.78 Å². The summed E-state index contributed by atoms with van der Waals surface area (Å²) in [4.78, 5) is 16.0. The molecular formula is C19H10F7NO2. The lowest BCUT2D eigenvalue weighted by Gasteiger charge is -2.17. The van der Waals surface area contributed by atoms with Gasteiger partial charge >= 0.3 is 12.5 Å². The molecule has 0 bridgehead atoms. The number of benzene rings is 2. The molecule has 0 unspecified atom stereocenters. The van der Waals surface area contributed by atoms with Crippen molar-refractivity contribution >= 4 is 16.7 Å². The number of nitrogens with zero attached hydrogens (tertiary/aromatic N) is 1. The molecule has 2 aromatic carbocycles. The minimum absolute atomic E-state index is 0.00124. The minimum atomic E-state index is -5.25. The fourth-order valence-corrected chi connectivity index (χ4v) is 2.90. The van der Waals surface area contributed by atoms with Gasteiger partial charge < -0.3 is 4.74 Å². The number of fused-ring (bicyclic) bond motifs is 1. The first-order valence-corrected chi connectivity index (χ1v) is 7.94. The van der Waals surface area contributed by atoms with Crippen LogP contribution in [0.3, 0.4) is 0 Å². The largest absolute Gasteiger partial charge is 0.573 e. The molecule has 0 spiro atoms. The Hall–Kier alpha value is -3.17. The van der Waals surface area contributed by atoms with Crippen molar-refractivity contribution in [3.63, 3.8) is 0 Å². The summed E-state index contributed by atoms with van der Waals surface area (Å²) in [6, 6.07) is 7.05. The molecule has 0 N–H and O–H groups in total. The van der Waals surface area contributed by atoms with E-state index in [0.717, 1.165) is 42.5 Å². The van der Waals surface area contributed by atoms with E-state index in [1.165, 1.54) is 6.92 Å². The van der Waals surface area contributed by atoms with Gasteiger partial charge in [-0.3, -0.25) is 9.78 Å². The molecule has 3 nitrogen and oxygen atoms in total. The van der Waals surface area contributed by atoms with Gasteiger partial charge in [-0.25, -0.2) is 4.39 Å². The average Bonchev–Trinajstić information content (AvgIpc) is 2.59. The van der Waals surface area contributed by atoms with Gasteiger partial charge in [0.05, 0.1) is 11.1 Å². The Bertz CT molecular complexity index is 1090. The number of aromatic nitrogens is 1. The average molecular weight is 417 g/mol. The number of pyridine rings is 1. The SMILES string of the molecule is Cc1nc2ccc(OC(F)(F)F)cc2c(-c2ccc(F)cc2)c1C(=O)C(F)(F)F. The highest BCUT2D eigenvalue weighted by atomic mass is 19.4. The number of ketones is 1. The third kappa shape index (κ3) is 4.30. The molecule has 1 heterocycles. The van der Waals surface area contributed by atoms with Crippen molar-refractivity contribution in [3.05, 3.63) is 59.5 Å². The molecule has 0 saturated carbocycles. The molecule has 0 aliphatic heterocycles. The molecule has 152 valence electrons. The van der Waals surface area contributed by atoms with E-state index in [0.29, 0.717) is 0 Å². The topological polar surface area (TPSA) is 39.2 Å². The number of hydrogen-bond acceptors (Lipinski definition) is 3. The van der Waals surface area contributed by atoms with Crippen molar-refractivity contribution in [2.45, 2.75) is 19.5 Å². The number of rotatable bonds is 3. The summed E-state index contributed by atoms with van der Waals surface area (Å²) in [5, 5.41) is -0.184. The van der Waals surface area contributed by atoms with Gasteiger partial charge in [-0.05, 0) is 42.8 Å². The first-order valence-electron chi connectivity index (χ1n) is 7.94. The summed E-state index contributed by atoms with van der Waals surface area (Å²) >= 11 is 0. The van der Waals surface area contributed by atoms with E-state index < -0.39 is 35.5 Å². The maximum atomic E-state index is 13.3. The van der Waals surface area contributed by atoms with Crippen LogP contribution in [0.5, 0.6) is 5.75 Å². The fourth-order valence-electron chi connectivity index (χ4n) is 2.90. The standard InChI is InChI=1S/C19H10F7NO2/c1-9-15(17(28)18(21,22)23)16(10-2-4-11(20)5-3-10)13-8-12(29-19(24,25)26)6-7-14(13)27-9/h2-8H,1H3. The van der Waals surface area contributed by atoms with Crippen LogP contribution in [-0.4, -0.2) is 23.3 Å². The quantitative estimate of drug-likeness (QED) is 0.388. The van der Waals surface area contributed by atoms with E-state index >= 15 is 0 Å². The summed E-state index contributed by atoms with van der Waals surface area (Å²) in [6.45, 7) is 1.17.